The Morgan fingerprint density at radius 2 is 1.86 bits per heavy atom. The molecule has 1 fully saturated rings. The molecule has 0 aliphatic carbocycles. The fourth-order valence-electron chi connectivity index (χ4n) is 3.38. The highest BCUT2D eigenvalue weighted by molar-refractivity contribution is 7.89. The zero-order chi connectivity index (χ0) is 20.9. The van der Waals surface area contributed by atoms with E-state index >= 15 is 0 Å². The first-order valence-electron chi connectivity index (χ1n) is 9.80. The summed E-state index contributed by atoms with van der Waals surface area (Å²) in [4.78, 5) is 14.9. The summed E-state index contributed by atoms with van der Waals surface area (Å²) in [5.74, 6) is 0. The molecule has 158 valence electrons. The number of amides is 2. The van der Waals surface area contributed by atoms with E-state index in [0.29, 0.717) is 24.2 Å². The van der Waals surface area contributed by atoms with Crippen LogP contribution in [0.3, 0.4) is 0 Å². The molecule has 9 heteroatoms. The molecule has 1 aliphatic rings. The lowest BCUT2D eigenvalue weighted by Gasteiger charge is -2.34. The first-order valence-corrected chi connectivity index (χ1v) is 11.6. The summed E-state index contributed by atoms with van der Waals surface area (Å²) < 4.78 is 26.8. The molecular weight excluding hydrogens is 400 g/mol. The molecule has 0 aromatic heterocycles. The van der Waals surface area contributed by atoms with Gasteiger partial charge in [-0.25, -0.2) is 13.2 Å². The van der Waals surface area contributed by atoms with Gasteiger partial charge < -0.3 is 15.5 Å². The van der Waals surface area contributed by atoms with Crippen LogP contribution in [0.15, 0.2) is 23.1 Å². The highest BCUT2D eigenvalue weighted by Gasteiger charge is 2.24. The third-order valence-corrected chi connectivity index (χ3v) is 7.50. The molecule has 2 amide bonds. The summed E-state index contributed by atoms with van der Waals surface area (Å²) in [5, 5.41) is 5.96. The molecule has 0 saturated carbocycles. The largest absolute Gasteiger partial charge is 0.335 e. The predicted molar refractivity (Wildman–Crippen MR) is 113 cm³/mol. The molecule has 0 radical (unpaired) electrons. The van der Waals surface area contributed by atoms with Crippen LogP contribution in [0.5, 0.6) is 0 Å². The normalized spacial score (nSPS) is 16.5. The van der Waals surface area contributed by atoms with E-state index in [9.17, 15) is 13.2 Å². The second kappa shape index (κ2) is 9.91. The smallest absolute Gasteiger partial charge is 0.319 e. The van der Waals surface area contributed by atoms with Crippen molar-refractivity contribution < 1.29 is 13.2 Å². The van der Waals surface area contributed by atoms with Crippen LogP contribution in [0.25, 0.3) is 0 Å². The van der Waals surface area contributed by atoms with Gasteiger partial charge in [0, 0.05) is 38.3 Å². The van der Waals surface area contributed by atoms with Gasteiger partial charge in [0.25, 0.3) is 0 Å². The molecule has 2 rings (SSSR count). The summed E-state index contributed by atoms with van der Waals surface area (Å²) in [6, 6.07) is 4.59. The number of sulfonamides is 1. The maximum atomic E-state index is 12.7. The van der Waals surface area contributed by atoms with Crippen LogP contribution >= 0.6 is 11.6 Å². The first-order chi connectivity index (χ1) is 13.2. The average molecular weight is 431 g/mol. The van der Waals surface area contributed by atoms with Gasteiger partial charge in [0.05, 0.1) is 15.6 Å². The summed E-state index contributed by atoms with van der Waals surface area (Å²) in [5.41, 5.74) is 0.284. The molecule has 1 aromatic carbocycles. The van der Waals surface area contributed by atoms with Crippen molar-refractivity contribution in [1.29, 1.82) is 0 Å². The monoisotopic (exact) mass is 430 g/mol. The highest BCUT2D eigenvalue weighted by atomic mass is 35.5. The van der Waals surface area contributed by atoms with Gasteiger partial charge in [-0.3, -0.25) is 0 Å². The van der Waals surface area contributed by atoms with Gasteiger partial charge in [0.15, 0.2) is 0 Å². The molecule has 7 nitrogen and oxygen atoms in total. The summed E-state index contributed by atoms with van der Waals surface area (Å²) in [6.45, 7) is 10.5. The fraction of sp³-hybridized carbons (Fsp3) is 0.632. The number of halogens is 1. The van der Waals surface area contributed by atoms with Crippen molar-refractivity contribution in [2.75, 3.05) is 31.5 Å². The van der Waals surface area contributed by atoms with Crippen molar-refractivity contribution in [3.63, 3.8) is 0 Å². The van der Waals surface area contributed by atoms with Gasteiger partial charge in [-0.15, -0.1) is 0 Å². The van der Waals surface area contributed by atoms with E-state index in [1.807, 2.05) is 0 Å². The van der Waals surface area contributed by atoms with E-state index in [2.05, 4.69) is 29.4 Å². The minimum atomic E-state index is -3.62. The Morgan fingerprint density at radius 3 is 2.39 bits per heavy atom. The van der Waals surface area contributed by atoms with Crippen LogP contribution < -0.4 is 10.6 Å². The lowest BCUT2D eigenvalue weighted by atomic mass is 10.0. The molecule has 1 heterocycles. The van der Waals surface area contributed by atoms with Crippen LogP contribution in [0.2, 0.25) is 5.02 Å². The number of urea groups is 1. The lowest BCUT2D eigenvalue weighted by Crippen LogP contribution is -2.47. The van der Waals surface area contributed by atoms with Crippen LogP contribution in [0.4, 0.5) is 10.5 Å². The van der Waals surface area contributed by atoms with Crippen molar-refractivity contribution in [2.24, 2.45) is 0 Å². The topological polar surface area (TPSA) is 81.8 Å². The van der Waals surface area contributed by atoms with Gasteiger partial charge in [-0.1, -0.05) is 25.4 Å². The molecule has 0 unspecified atom stereocenters. The highest BCUT2D eigenvalue weighted by Crippen LogP contribution is 2.27. The summed E-state index contributed by atoms with van der Waals surface area (Å²) in [6.07, 6.45) is 1.77. The van der Waals surface area contributed by atoms with Crippen molar-refractivity contribution in [3.8, 4) is 0 Å². The molecule has 0 atom stereocenters. The summed E-state index contributed by atoms with van der Waals surface area (Å²) in [7, 11) is -3.62. The Hall–Kier alpha value is -1.35. The molecule has 1 saturated heterocycles. The number of nitrogens with zero attached hydrogens (tertiary/aromatic N) is 2. The number of piperidine rings is 1. The zero-order valence-electron chi connectivity index (χ0n) is 17.0. The van der Waals surface area contributed by atoms with E-state index in [1.54, 1.807) is 13.8 Å². The summed E-state index contributed by atoms with van der Waals surface area (Å²) >= 11 is 6.18. The van der Waals surface area contributed by atoms with Gasteiger partial charge in [0.2, 0.25) is 10.0 Å². The Bertz CT molecular complexity index is 773. The Kier molecular flexibility index (Phi) is 8.12. The molecule has 1 aliphatic heterocycles. The van der Waals surface area contributed by atoms with Crippen molar-refractivity contribution in [3.05, 3.63) is 23.2 Å². The minimum Gasteiger partial charge on any atom is -0.335 e. The lowest BCUT2D eigenvalue weighted by molar-refractivity contribution is 0.163. The quantitative estimate of drug-likeness (QED) is 0.694. The van der Waals surface area contributed by atoms with Gasteiger partial charge >= 0.3 is 6.03 Å². The zero-order valence-corrected chi connectivity index (χ0v) is 18.6. The number of anilines is 1. The Balaban J connectivity index is 2.05. The van der Waals surface area contributed by atoms with E-state index in [1.165, 1.54) is 22.5 Å². The van der Waals surface area contributed by atoms with Crippen LogP contribution in [-0.4, -0.2) is 61.9 Å². The SMILES string of the molecule is CCN(CC)S(=O)(=O)c1ccc(Cl)c(NC(=O)NC2CCN(C(C)C)CC2)c1. The van der Waals surface area contributed by atoms with Crippen molar-refractivity contribution >= 4 is 33.3 Å². The number of carbonyl (C=O) groups excluding carboxylic acids is 1. The second-order valence-electron chi connectivity index (χ2n) is 7.23. The number of hydrogen-bond acceptors (Lipinski definition) is 4. The van der Waals surface area contributed by atoms with Crippen LogP contribution in [-0.2, 0) is 10.0 Å². The van der Waals surface area contributed by atoms with Crippen molar-refractivity contribution in [2.45, 2.75) is 57.5 Å². The molecule has 28 heavy (non-hydrogen) atoms. The molecule has 0 spiro atoms. The second-order valence-corrected chi connectivity index (χ2v) is 9.58. The van der Waals surface area contributed by atoms with Gasteiger partial charge in [0.1, 0.15) is 0 Å². The van der Waals surface area contributed by atoms with Crippen molar-refractivity contribution in [1.82, 2.24) is 14.5 Å². The van der Waals surface area contributed by atoms with E-state index in [4.69, 9.17) is 11.6 Å². The number of carbonyl (C=O) groups is 1. The Morgan fingerprint density at radius 1 is 1.25 bits per heavy atom. The number of nitrogens with one attached hydrogen (secondary N) is 2. The fourth-order valence-corrected chi connectivity index (χ4v) is 5.03. The van der Waals surface area contributed by atoms with Crippen LogP contribution in [0, 0.1) is 0 Å². The molecular formula is C19H31ClN4O3S. The number of rotatable bonds is 7. The predicted octanol–water partition coefficient (Wildman–Crippen LogP) is 3.36. The first kappa shape index (κ1) is 22.9. The minimum absolute atomic E-state index is 0.0939. The van der Waals surface area contributed by atoms with Gasteiger partial charge in [-0.05, 0) is 44.9 Å². The third-order valence-electron chi connectivity index (χ3n) is 5.12. The van der Waals surface area contributed by atoms with E-state index in [0.717, 1.165) is 25.9 Å². The van der Waals surface area contributed by atoms with Crippen LogP contribution in [0.1, 0.15) is 40.5 Å². The Labute approximate surface area is 173 Å². The van der Waals surface area contributed by atoms with E-state index in [-0.39, 0.29) is 22.7 Å². The number of hydrogen-bond donors (Lipinski definition) is 2. The molecule has 2 N–H and O–H groups in total. The average Bonchev–Trinajstić information content (AvgIpc) is 2.64. The number of likely N-dealkylation sites (tertiary alicyclic amines) is 1. The standard InChI is InChI=1S/C19H31ClN4O3S/c1-5-24(6-2)28(26,27)16-7-8-17(20)18(13-16)22-19(25)21-15-9-11-23(12-10-15)14(3)4/h7-8,13-15H,5-6,9-12H2,1-4H3,(H2,21,22,25). The molecule has 1 aromatic rings. The molecule has 0 bridgehead atoms. The van der Waals surface area contributed by atoms with Gasteiger partial charge in [-0.2, -0.15) is 4.31 Å². The maximum absolute atomic E-state index is 12.7. The number of benzene rings is 1. The third kappa shape index (κ3) is 5.59. The maximum Gasteiger partial charge on any atom is 0.319 e. The van der Waals surface area contributed by atoms with E-state index < -0.39 is 10.0 Å².